The number of aryl methyl sites for hydroxylation is 2. The van der Waals surface area contributed by atoms with Gasteiger partial charge in [0, 0.05) is 12.3 Å². The zero-order valence-electron chi connectivity index (χ0n) is 15.5. The van der Waals surface area contributed by atoms with Gasteiger partial charge in [-0.15, -0.1) is 0 Å². The standard InChI is InChI=1S/C21H25NO3S2/c1-17-9-5-6-14-20(17)27(24,25)22-15-7-13-19(22)21(23)26-16-8-12-18-10-3-2-4-11-18/h2-6,9-11,14,19H,7-8,12-13,15-16H2,1H3. The molecular formula is C21H25NO3S2. The van der Waals surface area contributed by atoms with Gasteiger partial charge in [0.25, 0.3) is 0 Å². The van der Waals surface area contributed by atoms with Crippen LogP contribution in [0.1, 0.15) is 30.4 Å². The van der Waals surface area contributed by atoms with Crippen LogP contribution in [-0.2, 0) is 21.2 Å². The van der Waals surface area contributed by atoms with E-state index < -0.39 is 16.1 Å². The third-order valence-electron chi connectivity index (χ3n) is 4.85. The van der Waals surface area contributed by atoms with Crippen molar-refractivity contribution in [3.8, 4) is 0 Å². The first-order chi connectivity index (χ1) is 13.0. The normalized spacial score (nSPS) is 17.9. The summed E-state index contributed by atoms with van der Waals surface area (Å²) in [6.07, 6.45) is 3.16. The molecule has 0 aliphatic carbocycles. The number of thioether (sulfide) groups is 1. The second kappa shape index (κ2) is 9.04. The lowest BCUT2D eigenvalue weighted by Crippen LogP contribution is -2.39. The average molecular weight is 404 g/mol. The maximum Gasteiger partial charge on any atom is 0.244 e. The van der Waals surface area contributed by atoms with E-state index in [-0.39, 0.29) is 5.12 Å². The summed E-state index contributed by atoms with van der Waals surface area (Å²) in [7, 11) is -3.64. The van der Waals surface area contributed by atoms with Crippen molar-refractivity contribution in [2.75, 3.05) is 12.3 Å². The molecule has 0 saturated carbocycles. The highest BCUT2D eigenvalue weighted by Gasteiger charge is 2.39. The zero-order chi connectivity index (χ0) is 19.3. The van der Waals surface area contributed by atoms with Gasteiger partial charge in [0.05, 0.1) is 10.9 Å². The Bertz CT molecular complexity index is 881. The van der Waals surface area contributed by atoms with Crippen LogP contribution in [0.25, 0.3) is 0 Å². The lowest BCUT2D eigenvalue weighted by molar-refractivity contribution is -0.113. The molecule has 0 bridgehead atoms. The molecule has 144 valence electrons. The molecular weight excluding hydrogens is 378 g/mol. The number of carbonyl (C=O) groups excluding carboxylic acids is 1. The number of sulfonamides is 1. The largest absolute Gasteiger partial charge is 0.285 e. The number of hydrogen-bond acceptors (Lipinski definition) is 4. The molecule has 0 spiro atoms. The Morgan fingerprint density at radius 3 is 2.56 bits per heavy atom. The van der Waals surface area contributed by atoms with Gasteiger partial charge in [-0.25, -0.2) is 8.42 Å². The van der Waals surface area contributed by atoms with Crippen molar-refractivity contribution in [3.05, 3.63) is 65.7 Å². The molecule has 1 fully saturated rings. The van der Waals surface area contributed by atoms with E-state index in [1.165, 1.54) is 21.6 Å². The second-order valence-corrected chi connectivity index (χ2v) is 9.75. The van der Waals surface area contributed by atoms with Crippen molar-refractivity contribution in [1.82, 2.24) is 4.31 Å². The Balaban J connectivity index is 1.60. The van der Waals surface area contributed by atoms with Crippen molar-refractivity contribution >= 4 is 26.9 Å². The molecule has 1 aliphatic heterocycles. The van der Waals surface area contributed by atoms with Crippen LogP contribution in [0.3, 0.4) is 0 Å². The fourth-order valence-electron chi connectivity index (χ4n) is 3.43. The van der Waals surface area contributed by atoms with Crippen LogP contribution in [0.4, 0.5) is 0 Å². The van der Waals surface area contributed by atoms with Crippen LogP contribution >= 0.6 is 11.8 Å². The summed E-state index contributed by atoms with van der Waals surface area (Å²) in [6, 6.07) is 16.6. The van der Waals surface area contributed by atoms with Gasteiger partial charge in [-0.05, 0) is 49.8 Å². The Labute approximate surface area is 166 Å². The van der Waals surface area contributed by atoms with Crippen LogP contribution in [0, 0.1) is 6.92 Å². The van der Waals surface area contributed by atoms with Gasteiger partial charge >= 0.3 is 0 Å². The van der Waals surface area contributed by atoms with Gasteiger partial charge in [-0.2, -0.15) is 4.31 Å². The van der Waals surface area contributed by atoms with Crippen LogP contribution < -0.4 is 0 Å². The second-order valence-electron chi connectivity index (χ2n) is 6.80. The molecule has 1 saturated heterocycles. The highest BCUT2D eigenvalue weighted by molar-refractivity contribution is 8.13. The van der Waals surface area contributed by atoms with Gasteiger partial charge in [-0.3, -0.25) is 4.79 Å². The predicted molar refractivity (Wildman–Crippen MR) is 110 cm³/mol. The fourth-order valence-corrected chi connectivity index (χ4v) is 6.30. The molecule has 0 aromatic heterocycles. The van der Waals surface area contributed by atoms with Gasteiger partial charge in [0.1, 0.15) is 0 Å². The van der Waals surface area contributed by atoms with E-state index in [0.29, 0.717) is 29.2 Å². The highest BCUT2D eigenvalue weighted by Crippen LogP contribution is 2.30. The monoisotopic (exact) mass is 403 g/mol. The van der Waals surface area contributed by atoms with E-state index in [9.17, 15) is 13.2 Å². The summed E-state index contributed by atoms with van der Waals surface area (Å²) in [6.45, 7) is 2.20. The number of rotatable bonds is 7. The van der Waals surface area contributed by atoms with E-state index in [4.69, 9.17) is 0 Å². The Kier molecular flexibility index (Phi) is 6.73. The quantitative estimate of drug-likeness (QED) is 0.655. The van der Waals surface area contributed by atoms with Crippen molar-refractivity contribution in [3.63, 3.8) is 0 Å². The summed E-state index contributed by atoms with van der Waals surface area (Å²) in [5.74, 6) is 0.711. The minimum atomic E-state index is -3.64. The third kappa shape index (κ3) is 4.81. The van der Waals surface area contributed by atoms with E-state index >= 15 is 0 Å². The maximum absolute atomic E-state index is 13.0. The van der Waals surface area contributed by atoms with Crippen molar-refractivity contribution < 1.29 is 13.2 Å². The average Bonchev–Trinajstić information content (AvgIpc) is 3.17. The molecule has 1 heterocycles. The Morgan fingerprint density at radius 1 is 1.11 bits per heavy atom. The summed E-state index contributed by atoms with van der Waals surface area (Å²) in [5, 5.41) is -0.0299. The van der Waals surface area contributed by atoms with Crippen LogP contribution in [-0.4, -0.2) is 36.2 Å². The first-order valence-electron chi connectivity index (χ1n) is 9.28. The highest BCUT2D eigenvalue weighted by atomic mass is 32.2. The molecule has 0 amide bonds. The third-order valence-corrected chi connectivity index (χ3v) is 7.97. The SMILES string of the molecule is Cc1ccccc1S(=O)(=O)N1CCCC1C(=O)SCCCc1ccccc1. The number of hydrogen-bond donors (Lipinski definition) is 0. The fraction of sp³-hybridized carbons (Fsp3) is 0.381. The molecule has 3 rings (SSSR count). The summed E-state index contributed by atoms with van der Waals surface area (Å²) in [4.78, 5) is 13.0. The molecule has 0 N–H and O–H groups in total. The Hall–Kier alpha value is -1.63. The van der Waals surface area contributed by atoms with E-state index in [1.807, 2.05) is 24.3 Å². The Morgan fingerprint density at radius 2 is 1.81 bits per heavy atom. The predicted octanol–water partition coefficient (Wildman–Crippen LogP) is 4.04. The minimum absolute atomic E-state index is 0.0299. The molecule has 1 aliphatic rings. The first kappa shape index (κ1) is 20.1. The van der Waals surface area contributed by atoms with Crippen LogP contribution in [0.2, 0.25) is 0 Å². The van der Waals surface area contributed by atoms with Crippen molar-refractivity contribution in [2.24, 2.45) is 0 Å². The smallest absolute Gasteiger partial charge is 0.244 e. The van der Waals surface area contributed by atoms with E-state index in [1.54, 1.807) is 25.1 Å². The van der Waals surface area contributed by atoms with Gasteiger partial charge in [-0.1, -0.05) is 60.3 Å². The van der Waals surface area contributed by atoms with Gasteiger partial charge < -0.3 is 0 Å². The number of carbonyl (C=O) groups is 1. The van der Waals surface area contributed by atoms with Crippen molar-refractivity contribution in [2.45, 2.75) is 43.5 Å². The van der Waals surface area contributed by atoms with Crippen molar-refractivity contribution in [1.29, 1.82) is 0 Å². The summed E-state index contributed by atoms with van der Waals surface area (Å²) >= 11 is 1.27. The zero-order valence-corrected chi connectivity index (χ0v) is 17.1. The van der Waals surface area contributed by atoms with Gasteiger partial charge in [0.15, 0.2) is 0 Å². The minimum Gasteiger partial charge on any atom is -0.285 e. The van der Waals surface area contributed by atoms with Crippen LogP contribution in [0.5, 0.6) is 0 Å². The lowest BCUT2D eigenvalue weighted by atomic mass is 10.1. The molecule has 1 atom stereocenters. The summed E-state index contributed by atoms with van der Waals surface area (Å²) in [5.41, 5.74) is 1.97. The molecule has 1 unspecified atom stereocenters. The lowest BCUT2D eigenvalue weighted by Gasteiger charge is -2.23. The topological polar surface area (TPSA) is 54.5 Å². The van der Waals surface area contributed by atoms with E-state index in [0.717, 1.165) is 19.3 Å². The molecule has 0 radical (unpaired) electrons. The van der Waals surface area contributed by atoms with Gasteiger partial charge in [0.2, 0.25) is 15.1 Å². The number of nitrogens with zero attached hydrogens (tertiary/aromatic N) is 1. The van der Waals surface area contributed by atoms with Crippen LogP contribution in [0.15, 0.2) is 59.5 Å². The molecule has 2 aromatic carbocycles. The molecule has 27 heavy (non-hydrogen) atoms. The molecule has 2 aromatic rings. The molecule has 6 heteroatoms. The summed E-state index contributed by atoms with van der Waals surface area (Å²) < 4.78 is 27.5. The molecule has 4 nitrogen and oxygen atoms in total. The first-order valence-corrected chi connectivity index (χ1v) is 11.7. The maximum atomic E-state index is 13.0. The van der Waals surface area contributed by atoms with E-state index in [2.05, 4.69) is 12.1 Å². The number of benzene rings is 2.